The molecule has 4 aromatic rings. The minimum absolute atomic E-state index is 0.121. The molecule has 0 radical (unpaired) electrons. The van der Waals surface area contributed by atoms with Gasteiger partial charge in [-0.25, -0.2) is 14.4 Å². The van der Waals surface area contributed by atoms with Crippen LogP contribution in [0.4, 0.5) is 22.0 Å². The second kappa shape index (κ2) is 7.78. The number of anilines is 3. The Bertz CT molecular complexity index is 1040. The van der Waals surface area contributed by atoms with Crippen LogP contribution < -0.4 is 10.6 Å². The highest BCUT2D eigenvalue weighted by Crippen LogP contribution is 2.24. The molecule has 4 rings (SSSR count). The van der Waals surface area contributed by atoms with Crippen LogP contribution >= 0.6 is 0 Å². The van der Waals surface area contributed by atoms with Gasteiger partial charge < -0.3 is 10.6 Å². The van der Waals surface area contributed by atoms with E-state index in [2.05, 4.69) is 40.8 Å². The van der Waals surface area contributed by atoms with Crippen molar-refractivity contribution in [2.24, 2.45) is 0 Å². The molecule has 3 aromatic heterocycles. The molecule has 0 bridgehead atoms. The van der Waals surface area contributed by atoms with E-state index in [0.29, 0.717) is 23.3 Å². The lowest BCUT2D eigenvalue weighted by atomic mass is 10.1. The smallest absolute Gasteiger partial charge is 0.225 e. The van der Waals surface area contributed by atoms with Crippen LogP contribution in [0.3, 0.4) is 0 Å². The molecule has 1 aromatic carbocycles. The summed E-state index contributed by atoms with van der Waals surface area (Å²) in [5.41, 5.74) is 2.42. The van der Waals surface area contributed by atoms with Gasteiger partial charge in [0.25, 0.3) is 0 Å². The molecule has 1 atom stereocenters. The van der Waals surface area contributed by atoms with Crippen LogP contribution in [0.2, 0.25) is 0 Å². The number of hydrogen-bond acceptors (Lipinski definition) is 7. The van der Waals surface area contributed by atoms with E-state index < -0.39 is 0 Å². The monoisotopic (exact) mass is 376 g/mol. The zero-order valence-corrected chi connectivity index (χ0v) is 15.0. The maximum atomic E-state index is 13.2. The van der Waals surface area contributed by atoms with Crippen LogP contribution in [-0.2, 0) is 0 Å². The van der Waals surface area contributed by atoms with Gasteiger partial charge in [-0.3, -0.25) is 10.1 Å². The normalized spacial score (nSPS) is 11.8. The highest BCUT2D eigenvalue weighted by molar-refractivity contribution is 5.65. The maximum absolute atomic E-state index is 13.2. The van der Waals surface area contributed by atoms with E-state index in [1.54, 1.807) is 49.2 Å². The number of nitrogens with zero attached hydrogens (tertiary/aromatic N) is 5. The Balaban J connectivity index is 1.64. The Morgan fingerprint density at radius 2 is 1.89 bits per heavy atom. The molecule has 0 aliphatic rings. The zero-order chi connectivity index (χ0) is 19.3. The predicted octanol–water partition coefficient (Wildman–Crippen LogP) is 3.71. The molecule has 28 heavy (non-hydrogen) atoms. The number of aromatic amines is 1. The van der Waals surface area contributed by atoms with Gasteiger partial charge in [0, 0.05) is 30.2 Å². The largest absolute Gasteiger partial charge is 0.348 e. The van der Waals surface area contributed by atoms with Gasteiger partial charge in [0.2, 0.25) is 5.95 Å². The molecule has 0 aliphatic heterocycles. The molecule has 0 fully saturated rings. The fourth-order valence-corrected chi connectivity index (χ4v) is 2.64. The molecule has 1 unspecified atom stereocenters. The second-order valence-electron chi connectivity index (χ2n) is 6.08. The Morgan fingerprint density at radius 3 is 2.61 bits per heavy atom. The predicted molar refractivity (Wildman–Crippen MR) is 103 cm³/mol. The van der Waals surface area contributed by atoms with E-state index in [-0.39, 0.29) is 11.9 Å². The Labute approximate surface area is 160 Å². The fourth-order valence-electron chi connectivity index (χ4n) is 2.64. The quantitative estimate of drug-likeness (QED) is 0.471. The number of H-pyrrole nitrogens is 1. The summed E-state index contributed by atoms with van der Waals surface area (Å²) < 4.78 is 13.2. The first-order valence-corrected chi connectivity index (χ1v) is 8.60. The van der Waals surface area contributed by atoms with E-state index >= 15 is 0 Å². The van der Waals surface area contributed by atoms with Crippen molar-refractivity contribution in [3.8, 4) is 11.3 Å². The fraction of sp³-hybridized carbons (Fsp3) is 0.105. The molecule has 0 saturated carbocycles. The first-order chi connectivity index (χ1) is 13.7. The van der Waals surface area contributed by atoms with Crippen molar-refractivity contribution in [1.82, 2.24) is 30.1 Å². The van der Waals surface area contributed by atoms with Crippen LogP contribution in [0.1, 0.15) is 18.5 Å². The molecular formula is C19H17FN8. The van der Waals surface area contributed by atoms with Gasteiger partial charge in [-0.2, -0.15) is 10.1 Å². The summed E-state index contributed by atoms with van der Waals surface area (Å²) in [5, 5.41) is 13.1. The van der Waals surface area contributed by atoms with Gasteiger partial charge in [-0.05, 0) is 24.6 Å². The van der Waals surface area contributed by atoms with Crippen LogP contribution in [0.15, 0.2) is 61.3 Å². The van der Waals surface area contributed by atoms with Crippen LogP contribution in [-0.4, -0.2) is 30.1 Å². The highest BCUT2D eigenvalue weighted by atomic mass is 19.1. The molecule has 8 nitrogen and oxygen atoms in total. The Kier molecular flexibility index (Phi) is 4.87. The lowest BCUT2D eigenvalue weighted by molar-refractivity contribution is 0.626. The topological polar surface area (TPSA) is 104 Å². The number of aromatic nitrogens is 6. The lowest BCUT2D eigenvalue weighted by Gasteiger charge is -2.16. The second-order valence-corrected chi connectivity index (χ2v) is 6.08. The van der Waals surface area contributed by atoms with Crippen molar-refractivity contribution in [3.05, 3.63) is 72.7 Å². The lowest BCUT2D eigenvalue weighted by Crippen LogP contribution is -2.11. The van der Waals surface area contributed by atoms with Gasteiger partial charge in [-0.15, -0.1) is 0 Å². The van der Waals surface area contributed by atoms with E-state index in [1.165, 1.54) is 12.1 Å². The number of rotatable bonds is 6. The van der Waals surface area contributed by atoms with Crippen LogP contribution in [0.25, 0.3) is 11.3 Å². The minimum atomic E-state index is -0.274. The standard InChI is InChI=1S/C19H17FN8/c1-12(13-2-4-15(20)5-3-13)25-19-26-16(14-9-23-24-10-14)8-17(28-19)27-18-11-21-6-7-22-18/h2-12H,1H3,(H,23,24)(H2,22,25,26,27,28). The molecule has 0 amide bonds. The number of nitrogens with one attached hydrogen (secondary N) is 3. The van der Waals surface area contributed by atoms with Crippen molar-refractivity contribution in [2.45, 2.75) is 13.0 Å². The molecule has 140 valence electrons. The average molecular weight is 376 g/mol. The Morgan fingerprint density at radius 1 is 1.04 bits per heavy atom. The van der Waals surface area contributed by atoms with Crippen molar-refractivity contribution in [2.75, 3.05) is 10.6 Å². The molecule has 0 saturated heterocycles. The summed E-state index contributed by atoms with van der Waals surface area (Å²) in [4.78, 5) is 17.3. The van der Waals surface area contributed by atoms with Gasteiger partial charge in [-0.1, -0.05) is 12.1 Å². The Hall–Kier alpha value is -3.88. The first kappa shape index (κ1) is 17.5. The molecule has 3 N–H and O–H groups in total. The van der Waals surface area contributed by atoms with Crippen molar-refractivity contribution < 1.29 is 4.39 Å². The third-order valence-electron chi connectivity index (χ3n) is 4.06. The van der Waals surface area contributed by atoms with E-state index in [1.807, 2.05) is 6.92 Å². The molecule has 0 aliphatic carbocycles. The van der Waals surface area contributed by atoms with Gasteiger partial charge in [0.1, 0.15) is 17.5 Å². The van der Waals surface area contributed by atoms with Crippen molar-refractivity contribution >= 4 is 17.6 Å². The summed E-state index contributed by atoms with van der Waals surface area (Å²) in [7, 11) is 0. The van der Waals surface area contributed by atoms with Crippen LogP contribution in [0, 0.1) is 5.82 Å². The third kappa shape index (κ3) is 4.09. The van der Waals surface area contributed by atoms with E-state index in [0.717, 1.165) is 11.1 Å². The number of halogens is 1. The molecule has 0 spiro atoms. The van der Waals surface area contributed by atoms with Gasteiger partial charge >= 0.3 is 0 Å². The van der Waals surface area contributed by atoms with Crippen molar-refractivity contribution in [3.63, 3.8) is 0 Å². The summed E-state index contributed by atoms with van der Waals surface area (Å²) in [5.74, 6) is 1.27. The number of hydrogen-bond donors (Lipinski definition) is 3. The minimum Gasteiger partial charge on any atom is -0.348 e. The average Bonchev–Trinajstić information content (AvgIpc) is 3.24. The summed E-state index contributed by atoms with van der Waals surface area (Å²) in [6, 6.07) is 7.99. The zero-order valence-electron chi connectivity index (χ0n) is 15.0. The SMILES string of the molecule is CC(Nc1nc(Nc2cnccn2)cc(-c2cn[nH]c2)n1)c1ccc(F)cc1. The summed E-state index contributed by atoms with van der Waals surface area (Å²) >= 11 is 0. The highest BCUT2D eigenvalue weighted by Gasteiger charge is 2.12. The third-order valence-corrected chi connectivity index (χ3v) is 4.06. The molecule has 9 heteroatoms. The van der Waals surface area contributed by atoms with Gasteiger partial charge in [0.15, 0.2) is 0 Å². The van der Waals surface area contributed by atoms with E-state index in [9.17, 15) is 4.39 Å². The molecular weight excluding hydrogens is 359 g/mol. The van der Waals surface area contributed by atoms with Crippen molar-refractivity contribution in [1.29, 1.82) is 0 Å². The van der Waals surface area contributed by atoms with Crippen LogP contribution in [0.5, 0.6) is 0 Å². The maximum Gasteiger partial charge on any atom is 0.225 e. The molecule has 3 heterocycles. The number of benzene rings is 1. The summed E-state index contributed by atoms with van der Waals surface area (Å²) in [6.07, 6.45) is 8.23. The first-order valence-electron chi connectivity index (χ1n) is 8.60. The summed E-state index contributed by atoms with van der Waals surface area (Å²) in [6.45, 7) is 1.96. The van der Waals surface area contributed by atoms with Gasteiger partial charge in [0.05, 0.1) is 24.1 Å². The van der Waals surface area contributed by atoms with E-state index in [4.69, 9.17) is 0 Å².